The molecule has 2 heterocycles. The lowest BCUT2D eigenvalue weighted by atomic mass is 9.80. The van der Waals surface area contributed by atoms with E-state index in [9.17, 15) is 13.2 Å². The van der Waals surface area contributed by atoms with E-state index in [2.05, 4.69) is 14.8 Å². The van der Waals surface area contributed by atoms with Crippen molar-refractivity contribution in [3.8, 4) is 0 Å². The molecule has 7 nitrogen and oxygen atoms in total. The SMILES string of the molecule is COCC1(CNS(=O)(=O)c2c(C)csc2C(=O)OC)CCNCC1. The monoisotopic (exact) mass is 376 g/mol. The van der Waals surface area contributed by atoms with E-state index in [0.717, 1.165) is 37.3 Å². The van der Waals surface area contributed by atoms with Crippen LogP contribution in [0.2, 0.25) is 0 Å². The smallest absolute Gasteiger partial charge is 0.349 e. The molecule has 0 unspecified atom stereocenters. The number of thiophene rings is 1. The summed E-state index contributed by atoms with van der Waals surface area (Å²) in [6.07, 6.45) is 1.66. The molecule has 0 aromatic carbocycles. The van der Waals surface area contributed by atoms with Crippen molar-refractivity contribution in [2.75, 3.05) is 40.5 Å². The maximum atomic E-state index is 12.8. The largest absolute Gasteiger partial charge is 0.465 e. The molecule has 1 aliphatic rings. The van der Waals surface area contributed by atoms with Crippen molar-refractivity contribution >= 4 is 27.3 Å². The number of piperidine rings is 1. The molecular formula is C15H24N2O5S2. The highest BCUT2D eigenvalue weighted by Crippen LogP contribution is 2.31. The molecule has 0 radical (unpaired) electrons. The third-order valence-electron chi connectivity index (χ3n) is 4.31. The fourth-order valence-electron chi connectivity index (χ4n) is 2.96. The van der Waals surface area contributed by atoms with E-state index >= 15 is 0 Å². The number of rotatable bonds is 7. The Balaban J connectivity index is 2.22. The third-order valence-corrected chi connectivity index (χ3v) is 7.10. The Kier molecular flexibility index (Phi) is 6.38. The standard InChI is InChI=1S/C15H24N2O5S2/c1-11-8-23-12(14(18)22-3)13(11)24(19,20)17-9-15(10-21-2)4-6-16-7-5-15/h8,16-17H,4-7,9-10H2,1-3H3. The van der Waals surface area contributed by atoms with Gasteiger partial charge >= 0.3 is 5.97 Å². The van der Waals surface area contributed by atoms with Gasteiger partial charge in [0, 0.05) is 19.1 Å². The van der Waals surface area contributed by atoms with Crippen molar-refractivity contribution < 1.29 is 22.7 Å². The fraction of sp³-hybridized carbons (Fsp3) is 0.667. The summed E-state index contributed by atoms with van der Waals surface area (Å²) in [4.78, 5) is 12.0. The van der Waals surface area contributed by atoms with Gasteiger partial charge in [-0.3, -0.25) is 0 Å². The molecule has 1 aromatic heterocycles. The Labute approximate surface area is 146 Å². The van der Waals surface area contributed by atoms with Crippen LogP contribution in [0, 0.1) is 12.3 Å². The van der Waals surface area contributed by atoms with Gasteiger partial charge in [-0.1, -0.05) is 0 Å². The van der Waals surface area contributed by atoms with Crippen LogP contribution in [-0.2, 0) is 19.5 Å². The third kappa shape index (κ3) is 4.15. The first-order valence-electron chi connectivity index (χ1n) is 7.71. The molecule has 2 rings (SSSR count). The quantitative estimate of drug-likeness (QED) is 0.693. The zero-order valence-corrected chi connectivity index (χ0v) is 15.8. The lowest BCUT2D eigenvalue weighted by molar-refractivity contribution is 0.0576. The number of ether oxygens (including phenoxy) is 2. The van der Waals surface area contributed by atoms with Gasteiger partial charge in [0.25, 0.3) is 0 Å². The van der Waals surface area contributed by atoms with E-state index in [1.807, 2.05) is 0 Å². The number of carbonyl (C=O) groups is 1. The zero-order valence-electron chi connectivity index (χ0n) is 14.2. The predicted octanol–water partition coefficient (Wildman–Crippen LogP) is 1.14. The Morgan fingerprint density at radius 1 is 1.38 bits per heavy atom. The summed E-state index contributed by atoms with van der Waals surface area (Å²) in [5, 5.41) is 4.92. The maximum absolute atomic E-state index is 12.8. The molecular weight excluding hydrogens is 352 g/mol. The van der Waals surface area contributed by atoms with E-state index in [0.29, 0.717) is 12.2 Å². The van der Waals surface area contributed by atoms with Crippen LogP contribution in [0.15, 0.2) is 10.3 Å². The van der Waals surface area contributed by atoms with Crippen LogP contribution in [0.3, 0.4) is 0 Å². The van der Waals surface area contributed by atoms with Crippen LogP contribution in [0.4, 0.5) is 0 Å². The van der Waals surface area contributed by atoms with Crippen LogP contribution in [0.1, 0.15) is 28.1 Å². The molecule has 0 saturated carbocycles. The molecule has 2 N–H and O–H groups in total. The van der Waals surface area contributed by atoms with Gasteiger partial charge in [-0.15, -0.1) is 11.3 Å². The summed E-state index contributed by atoms with van der Waals surface area (Å²) in [5.74, 6) is -0.637. The number of hydrogen-bond acceptors (Lipinski definition) is 7. The topological polar surface area (TPSA) is 93.7 Å². The summed E-state index contributed by atoms with van der Waals surface area (Å²) < 4.78 is 38.2. The van der Waals surface area contributed by atoms with Crippen LogP contribution >= 0.6 is 11.3 Å². The molecule has 0 amide bonds. The summed E-state index contributed by atoms with van der Waals surface area (Å²) in [6, 6.07) is 0. The lowest BCUT2D eigenvalue weighted by Gasteiger charge is -2.37. The average molecular weight is 377 g/mol. The Hall–Kier alpha value is -1.00. The average Bonchev–Trinajstić information content (AvgIpc) is 2.96. The van der Waals surface area contributed by atoms with Crippen molar-refractivity contribution in [1.82, 2.24) is 10.0 Å². The van der Waals surface area contributed by atoms with Gasteiger partial charge in [-0.25, -0.2) is 17.9 Å². The molecule has 0 aliphatic carbocycles. The molecule has 0 spiro atoms. The maximum Gasteiger partial charge on any atom is 0.349 e. The van der Waals surface area contributed by atoms with E-state index in [-0.39, 0.29) is 21.7 Å². The Morgan fingerprint density at radius 2 is 2.04 bits per heavy atom. The minimum atomic E-state index is -3.81. The second kappa shape index (κ2) is 7.92. The van der Waals surface area contributed by atoms with Crippen molar-refractivity contribution in [3.63, 3.8) is 0 Å². The van der Waals surface area contributed by atoms with Crippen LogP contribution < -0.4 is 10.0 Å². The second-order valence-corrected chi connectivity index (χ2v) is 8.66. The van der Waals surface area contributed by atoms with Gasteiger partial charge in [0.2, 0.25) is 10.0 Å². The minimum absolute atomic E-state index is 0.0147. The fourth-order valence-corrected chi connectivity index (χ4v) is 5.82. The first kappa shape index (κ1) is 19.3. The Bertz CT molecular complexity index is 673. The number of carbonyl (C=O) groups excluding carboxylic acids is 1. The zero-order chi connectivity index (χ0) is 17.8. The Morgan fingerprint density at radius 3 is 2.62 bits per heavy atom. The van der Waals surface area contributed by atoms with Crippen LogP contribution in [0.25, 0.3) is 0 Å². The van der Waals surface area contributed by atoms with E-state index < -0.39 is 16.0 Å². The molecule has 1 saturated heterocycles. The lowest BCUT2D eigenvalue weighted by Crippen LogP contribution is -2.47. The van der Waals surface area contributed by atoms with Crippen molar-refractivity contribution in [3.05, 3.63) is 15.8 Å². The normalized spacial score (nSPS) is 17.6. The van der Waals surface area contributed by atoms with Gasteiger partial charge in [-0.05, 0) is 43.8 Å². The van der Waals surface area contributed by atoms with Crippen molar-refractivity contribution in [2.24, 2.45) is 5.41 Å². The first-order chi connectivity index (χ1) is 11.4. The van der Waals surface area contributed by atoms with Crippen LogP contribution in [0.5, 0.6) is 0 Å². The first-order valence-corrected chi connectivity index (χ1v) is 10.1. The molecule has 1 aromatic rings. The molecule has 136 valence electrons. The summed E-state index contributed by atoms with van der Waals surface area (Å²) >= 11 is 1.08. The summed E-state index contributed by atoms with van der Waals surface area (Å²) in [5.41, 5.74) is 0.307. The molecule has 9 heteroatoms. The van der Waals surface area contributed by atoms with Gasteiger partial charge in [0.05, 0.1) is 13.7 Å². The summed E-state index contributed by atoms with van der Waals surface area (Å²) in [6.45, 7) is 4.10. The highest BCUT2D eigenvalue weighted by molar-refractivity contribution is 7.89. The number of nitrogens with one attached hydrogen (secondary N) is 2. The number of hydrogen-bond donors (Lipinski definition) is 2. The number of methoxy groups -OCH3 is 2. The van der Waals surface area contributed by atoms with Gasteiger partial charge in [0.1, 0.15) is 9.77 Å². The van der Waals surface area contributed by atoms with Crippen molar-refractivity contribution in [2.45, 2.75) is 24.7 Å². The number of aryl methyl sites for hydroxylation is 1. The van der Waals surface area contributed by atoms with Crippen LogP contribution in [-0.4, -0.2) is 54.8 Å². The highest BCUT2D eigenvalue weighted by Gasteiger charge is 2.35. The number of esters is 1. The molecule has 1 aliphatic heterocycles. The molecule has 24 heavy (non-hydrogen) atoms. The van der Waals surface area contributed by atoms with E-state index in [1.165, 1.54) is 7.11 Å². The van der Waals surface area contributed by atoms with Crippen molar-refractivity contribution in [1.29, 1.82) is 0 Å². The predicted molar refractivity (Wildman–Crippen MR) is 92.0 cm³/mol. The highest BCUT2D eigenvalue weighted by atomic mass is 32.2. The van der Waals surface area contributed by atoms with E-state index in [4.69, 9.17) is 4.74 Å². The van der Waals surface area contributed by atoms with E-state index in [1.54, 1.807) is 19.4 Å². The van der Waals surface area contributed by atoms with Gasteiger partial charge in [0.15, 0.2) is 0 Å². The van der Waals surface area contributed by atoms with Gasteiger partial charge in [-0.2, -0.15) is 0 Å². The summed E-state index contributed by atoms with van der Waals surface area (Å²) in [7, 11) is -0.944. The molecule has 0 bridgehead atoms. The molecule has 0 atom stereocenters. The molecule has 1 fully saturated rings. The van der Waals surface area contributed by atoms with Gasteiger partial charge < -0.3 is 14.8 Å². The number of sulfonamides is 1. The minimum Gasteiger partial charge on any atom is -0.465 e. The second-order valence-electron chi connectivity index (χ2n) is 6.08.